The summed E-state index contributed by atoms with van der Waals surface area (Å²) >= 11 is 0. The molecule has 1 heterocycles. The number of Topliss-reactive ketones (excluding diaryl/α,β-unsaturated/α-hetero) is 2. The first-order valence-corrected chi connectivity index (χ1v) is 10.7. The second-order valence-electron chi connectivity index (χ2n) is 9.55. The van der Waals surface area contributed by atoms with E-state index in [1.165, 1.54) is 12.1 Å². The van der Waals surface area contributed by atoms with Gasteiger partial charge in [0.1, 0.15) is 23.5 Å². The van der Waals surface area contributed by atoms with Gasteiger partial charge in [-0.1, -0.05) is 32.1 Å². The van der Waals surface area contributed by atoms with E-state index in [0.717, 1.165) is 16.7 Å². The lowest BCUT2D eigenvalue weighted by Crippen LogP contribution is -2.42. The zero-order valence-corrected chi connectivity index (χ0v) is 17.8. The van der Waals surface area contributed by atoms with Crippen molar-refractivity contribution < 1.29 is 28.6 Å². The Kier molecular flexibility index (Phi) is 5.46. The zero-order valence-electron chi connectivity index (χ0n) is 17.8. The Morgan fingerprint density at radius 2 is 1.74 bits per heavy atom. The summed E-state index contributed by atoms with van der Waals surface area (Å²) in [5.41, 5.74) is 0.984. The molecule has 1 N–H and O–H groups in total. The minimum absolute atomic E-state index is 0.00784. The van der Waals surface area contributed by atoms with Gasteiger partial charge in [0.25, 0.3) is 0 Å². The van der Waals surface area contributed by atoms with Crippen molar-refractivity contribution in [2.75, 3.05) is 0 Å². The highest BCUT2D eigenvalue weighted by Crippen LogP contribution is 2.56. The van der Waals surface area contributed by atoms with E-state index in [0.29, 0.717) is 12.8 Å². The van der Waals surface area contributed by atoms with Gasteiger partial charge in [-0.3, -0.25) is 14.4 Å². The molecule has 1 saturated carbocycles. The summed E-state index contributed by atoms with van der Waals surface area (Å²) in [5, 5.41) is 9.89. The average molecular weight is 426 g/mol. The van der Waals surface area contributed by atoms with Gasteiger partial charge in [0.2, 0.25) is 0 Å². The lowest BCUT2D eigenvalue weighted by Gasteiger charge is -2.43. The molecule has 1 aromatic carbocycles. The van der Waals surface area contributed by atoms with E-state index in [9.17, 15) is 23.9 Å². The van der Waals surface area contributed by atoms with Crippen molar-refractivity contribution in [2.24, 2.45) is 10.8 Å². The van der Waals surface area contributed by atoms with Crippen molar-refractivity contribution in [1.29, 1.82) is 0 Å². The minimum atomic E-state index is -1.03. The first-order valence-electron chi connectivity index (χ1n) is 10.7. The third-order valence-electron chi connectivity index (χ3n) is 6.78. The number of hydrogen-bond acceptors (Lipinski definition) is 5. The largest absolute Gasteiger partial charge is 0.458 e. The second kappa shape index (κ2) is 7.83. The fourth-order valence-electron chi connectivity index (χ4n) is 5.34. The molecule has 0 amide bonds. The quantitative estimate of drug-likeness (QED) is 0.585. The van der Waals surface area contributed by atoms with Crippen LogP contribution in [0.2, 0.25) is 0 Å². The number of allylic oxidation sites excluding steroid dienone is 3. The fourth-order valence-corrected chi connectivity index (χ4v) is 5.34. The molecule has 1 saturated heterocycles. The second-order valence-corrected chi connectivity index (χ2v) is 9.55. The van der Waals surface area contributed by atoms with Gasteiger partial charge in [-0.25, -0.2) is 4.39 Å². The Morgan fingerprint density at radius 1 is 1.10 bits per heavy atom. The first kappa shape index (κ1) is 21.6. The first-order chi connectivity index (χ1) is 14.6. The summed E-state index contributed by atoms with van der Waals surface area (Å²) in [4.78, 5) is 37.4. The number of benzene rings is 1. The average Bonchev–Trinajstić information content (AvgIpc) is 2.94. The fraction of sp³-hybridized carbons (Fsp3) is 0.480. The Hall–Kier alpha value is -2.60. The van der Waals surface area contributed by atoms with Gasteiger partial charge < -0.3 is 9.84 Å². The summed E-state index contributed by atoms with van der Waals surface area (Å²) in [6.07, 6.45) is 3.91. The van der Waals surface area contributed by atoms with Crippen LogP contribution in [-0.4, -0.2) is 34.9 Å². The molecule has 164 valence electrons. The number of ketones is 2. The van der Waals surface area contributed by atoms with Crippen LogP contribution in [0, 0.1) is 16.6 Å². The summed E-state index contributed by atoms with van der Waals surface area (Å²) in [6, 6.07) is 6.08. The molecule has 6 heteroatoms. The summed E-state index contributed by atoms with van der Waals surface area (Å²) in [6.45, 7) is 4.00. The topological polar surface area (TPSA) is 80.7 Å². The summed E-state index contributed by atoms with van der Waals surface area (Å²) < 4.78 is 18.9. The van der Waals surface area contributed by atoms with Crippen molar-refractivity contribution in [3.8, 4) is 0 Å². The number of hydrogen-bond donors (Lipinski definition) is 1. The van der Waals surface area contributed by atoms with Crippen molar-refractivity contribution in [3.05, 3.63) is 53.4 Å². The van der Waals surface area contributed by atoms with Crippen LogP contribution >= 0.6 is 0 Å². The summed E-state index contributed by atoms with van der Waals surface area (Å²) in [5.74, 6) is -0.831. The SMILES string of the molecule is CC1(C)CC2(CC(c3ccc(F)cc3)=C1C=CC1CC(O)CC(=O)O1)C(=O)CCC2=O. The highest BCUT2D eigenvalue weighted by atomic mass is 19.1. The zero-order chi connectivity index (χ0) is 22.4. The Balaban J connectivity index is 1.79. The van der Waals surface area contributed by atoms with E-state index in [4.69, 9.17) is 4.74 Å². The van der Waals surface area contributed by atoms with Gasteiger partial charge >= 0.3 is 5.97 Å². The molecule has 0 radical (unpaired) electrons. The molecular weight excluding hydrogens is 399 g/mol. The molecule has 3 aliphatic rings. The number of carbonyl (C=O) groups is 3. The van der Waals surface area contributed by atoms with Crippen molar-refractivity contribution in [1.82, 2.24) is 0 Å². The Morgan fingerprint density at radius 3 is 2.35 bits per heavy atom. The molecule has 0 bridgehead atoms. The maximum Gasteiger partial charge on any atom is 0.309 e. The molecule has 2 unspecified atom stereocenters. The molecule has 2 aliphatic carbocycles. The van der Waals surface area contributed by atoms with Crippen LogP contribution in [0.3, 0.4) is 0 Å². The predicted octanol–water partition coefficient (Wildman–Crippen LogP) is 3.94. The van der Waals surface area contributed by atoms with E-state index < -0.39 is 29.0 Å². The predicted molar refractivity (Wildman–Crippen MR) is 112 cm³/mol. The monoisotopic (exact) mass is 426 g/mol. The van der Waals surface area contributed by atoms with E-state index in [1.807, 2.05) is 19.9 Å². The molecule has 31 heavy (non-hydrogen) atoms. The van der Waals surface area contributed by atoms with Crippen molar-refractivity contribution >= 4 is 23.1 Å². The van der Waals surface area contributed by atoms with Gasteiger partial charge in [-0.2, -0.15) is 0 Å². The minimum Gasteiger partial charge on any atom is -0.458 e. The highest BCUT2D eigenvalue weighted by Gasteiger charge is 2.55. The van der Waals surface area contributed by atoms with Crippen LogP contribution in [-0.2, 0) is 19.1 Å². The van der Waals surface area contributed by atoms with E-state index in [-0.39, 0.29) is 43.1 Å². The number of aliphatic hydroxyl groups is 1. The van der Waals surface area contributed by atoms with Crippen LogP contribution in [0.4, 0.5) is 4.39 Å². The smallest absolute Gasteiger partial charge is 0.309 e. The number of ether oxygens (including phenoxy) is 1. The summed E-state index contributed by atoms with van der Waals surface area (Å²) in [7, 11) is 0. The molecule has 2 fully saturated rings. The van der Waals surface area contributed by atoms with E-state index in [2.05, 4.69) is 0 Å². The van der Waals surface area contributed by atoms with Crippen LogP contribution in [0.15, 0.2) is 42.0 Å². The lowest BCUT2D eigenvalue weighted by atomic mass is 9.58. The molecule has 0 aromatic heterocycles. The number of carbonyl (C=O) groups excluding carboxylic acids is 3. The van der Waals surface area contributed by atoms with Crippen molar-refractivity contribution in [3.63, 3.8) is 0 Å². The number of rotatable bonds is 3. The standard InChI is InChI=1S/C25H27FO5/c1-24(2)14-25(21(28)9-10-22(25)29)13-19(15-3-5-16(26)6-4-15)20(24)8-7-18-11-17(27)12-23(30)31-18/h3-8,17-18,27H,9-14H2,1-2H3. The maximum atomic E-state index is 13.6. The van der Waals surface area contributed by atoms with E-state index in [1.54, 1.807) is 18.2 Å². The van der Waals surface area contributed by atoms with Crippen LogP contribution < -0.4 is 0 Å². The highest BCUT2D eigenvalue weighted by molar-refractivity contribution is 6.14. The van der Waals surface area contributed by atoms with Crippen molar-refractivity contribution in [2.45, 2.75) is 64.6 Å². The molecule has 5 nitrogen and oxygen atoms in total. The number of aliphatic hydroxyl groups excluding tert-OH is 1. The van der Waals surface area contributed by atoms with Gasteiger partial charge in [-0.15, -0.1) is 0 Å². The molecule has 2 atom stereocenters. The molecule has 1 aromatic rings. The van der Waals surface area contributed by atoms with Gasteiger partial charge in [0.15, 0.2) is 0 Å². The van der Waals surface area contributed by atoms with Gasteiger partial charge in [0.05, 0.1) is 17.9 Å². The number of cyclic esters (lactones) is 1. The Labute approximate surface area is 181 Å². The van der Waals surface area contributed by atoms with Crippen LogP contribution in [0.5, 0.6) is 0 Å². The molecule has 1 aliphatic heterocycles. The normalized spacial score (nSPS) is 27.9. The van der Waals surface area contributed by atoms with Crippen LogP contribution in [0.1, 0.15) is 57.9 Å². The van der Waals surface area contributed by atoms with E-state index >= 15 is 0 Å². The van der Waals surface area contributed by atoms with Gasteiger partial charge in [-0.05, 0) is 53.2 Å². The van der Waals surface area contributed by atoms with Crippen LogP contribution in [0.25, 0.3) is 5.57 Å². The maximum absolute atomic E-state index is 13.6. The number of halogens is 1. The number of esters is 1. The van der Waals surface area contributed by atoms with Gasteiger partial charge in [0, 0.05) is 19.3 Å². The molecule has 4 rings (SSSR count). The third kappa shape index (κ3) is 4.01. The lowest BCUT2D eigenvalue weighted by molar-refractivity contribution is -0.156. The molecule has 1 spiro atoms. The third-order valence-corrected chi connectivity index (χ3v) is 6.78. The Bertz CT molecular complexity index is 970. The molecular formula is C25H27FO5.